The Morgan fingerprint density at radius 3 is 2.52 bits per heavy atom. The van der Waals surface area contributed by atoms with Crippen LogP contribution in [0.5, 0.6) is 0 Å². The van der Waals surface area contributed by atoms with E-state index < -0.39 is 5.85 Å². The Labute approximate surface area is 124 Å². The summed E-state index contributed by atoms with van der Waals surface area (Å²) in [5, 5.41) is 0. The van der Waals surface area contributed by atoms with Gasteiger partial charge < -0.3 is 4.74 Å². The summed E-state index contributed by atoms with van der Waals surface area (Å²) in [5.74, 6) is -1.28. The Hall–Kier alpha value is -2.16. The highest BCUT2D eigenvalue weighted by molar-refractivity contribution is 5.94. The highest BCUT2D eigenvalue weighted by atomic mass is 19.2. The fourth-order valence-electron chi connectivity index (χ4n) is 2.45. The van der Waals surface area contributed by atoms with Crippen LogP contribution in [-0.2, 0) is 11.2 Å². The van der Waals surface area contributed by atoms with E-state index in [0.717, 1.165) is 11.1 Å². The van der Waals surface area contributed by atoms with Gasteiger partial charge >= 0.3 is 0 Å². The summed E-state index contributed by atoms with van der Waals surface area (Å²) in [6.07, 6.45) is 0.538. The van der Waals surface area contributed by atoms with Gasteiger partial charge in [-0.15, -0.1) is 0 Å². The minimum absolute atomic E-state index is 0.249. The van der Waals surface area contributed by atoms with Crippen molar-refractivity contribution in [2.24, 2.45) is 4.99 Å². The molecular weight excluding hydrogens is 265 g/mol. The van der Waals surface area contributed by atoms with Crippen molar-refractivity contribution >= 4 is 5.90 Å². The molecule has 0 fully saturated rings. The van der Waals surface area contributed by atoms with Crippen LogP contribution in [0.3, 0.4) is 0 Å². The minimum Gasteiger partial charge on any atom is -0.440 e. The molecule has 0 radical (unpaired) electrons. The van der Waals surface area contributed by atoms with Crippen LogP contribution in [0.4, 0.5) is 4.39 Å². The van der Waals surface area contributed by atoms with E-state index in [1.54, 1.807) is 0 Å². The first kappa shape index (κ1) is 13.8. The van der Waals surface area contributed by atoms with E-state index in [0.29, 0.717) is 12.4 Å². The van der Waals surface area contributed by atoms with E-state index >= 15 is 0 Å². The van der Waals surface area contributed by atoms with Crippen LogP contribution in [0.2, 0.25) is 0 Å². The maximum atomic E-state index is 15.0. The van der Waals surface area contributed by atoms with Crippen molar-refractivity contribution in [3.05, 3.63) is 71.3 Å². The summed E-state index contributed by atoms with van der Waals surface area (Å²) >= 11 is 0. The highest BCUT2D eigenvalue weighted by Crippen LogP contribution is 2.29. The van der Waals surface area contributed by atoms with E-state index in [1.165, 1.54) is 5.56 Å². The lowest BCUT2D eigenvalue weighted by Crippen LogP contribution is -2.37. The fraction of sp³-hybridized carbons (Fsp3) is 0.278. The van der Waals surface area contributed by atoms with E-state index in [9.17, 15) is 4.39 Å². The molecule has 1 aliphatic rings. The number of nitrogens with zero attached hydrogens (tertiary/aromatic N) is 1. The molecule has 2 nitrogen and oxygen atoms in total. The van der Waals surface area contributed by atoms with Crippen LogP contribution >= 0.6 is 0 Å². The molecule has 0 N–H and O–H groups in total. The van der Waals surface area contributed by atoms with Gasteiger partial charge in [-0.2, -0.15) is 4.39 Å². The molecule has 0 aliphatic carbocycles. The minimum atomic E-state index is -1.68. The van der Waals surface area contributed by atoms with Crippen LogP contribution < -0.4 is 0 Å². The molecule has 1 unspecified atom stereocenters. The van der Waals surface area contributed by atoms with Gasteiger partial charge in [0.05, 0.1) is 0 Å². The summed E-state index contributed by atoms with van der Waals surface area (Å²) in [5.41, 5.74) is 2.93. The SMILES string of the molecule is Cc1ccc(CC2(F)CCN=C(c3ccccc3)O2)cc1. The molecule has 0 spiro atoms. The third-order valence-electron chi connectivity index (χ3n) is 3.63. The van der Waals surface area contributed by atoms with Gasteiger partial charge in [-0.05, 0) is 24.6 Å². The van der Waals surface area contributed by atoms with Gasteiger partial charge in [0.25, 0.3) is 5.85 Å². The summed E-state index contributed by atoms with van der Waals surface area (Å²) in [6.45, 7) is 2.47. The molecular formula is C18H18FNO. The number of benzene rings is 2. The first-order valence-corrected chi connectivity index (χ1v) is 7.18. The maximum Gasteiger partial charge on any atom is 0.255 e. The van der Waals surface area contributed by atoms with Crippen molar-refractivity contribution in [1.82, 2.24) is 0 Å². The molecule has 108 valence electrons. The molecule has 1 heterocycles. The molecule has 0 saturated carbocycles. The standard InChI is InChI=1S/C18H18FNO/c1-14-7-9-15(10-8-14)13-18(19)11-12-20-17(21-18)16-5-3-2-4-6-16/h2-10H,11-13H2,1H3. The number of ether oxygens (including phenoxy) is 1. The Morgan fingerprint density at radius 1 is 1.10 bits per heavy atom. The van der Waals surface area contributed by atoms with Crippen LogP contribution in [0.25, 0.3) is 0 Å². The van der Waals surface area contributed by atoms with Gasteiger partial charge in [-0.25, -0.2) is 0 Å². The molecule has 2 aromatic rings. The zero-order valence-electron chi connectivity index (χ0n) is 12.1. The average Bonchev–Trinajstić information content (AvgIpc) is 2.50. The van der Waals surface area contributed by atoms with Gasteiger partial charge in [0, 0.05) is 24.9 Å². The predicted octanol–water partition coefficient (Wildman–Crippen LogP) is 4.07. The maximum absolute atomic E-state index is 15.0. The topological polar surface area (TPSA) is 21.6 Å². The molecule has 0 amide bonds. The number of aliphatic imine (C=N–C) groups is 1. The van der Waals surface area contributed by atoms with Gasteiger partial charge in [0.1, 0.15) is 0 Å². The number of hydrogen-bond donors (Lipinski definition) is 0. The fourth-order valence-corrected chi connectivity index (χ4v) is 2.45. The lowest BCUT2D eigenvalue weighted by Gasteiger charge is -2.30. The molecule has 3 rings (SSSR count). The van der Waals surface area contributed by atoms with E-state index in [1.807, 2.05) is 61.5 Å². The second-order valence-electron chi connectivity index (χ2n) is 5.45. The molecule has 0 bridgehead atoms. The van der Waals surface area contributed by atoms with Crippen molar-refractivity contribution in [3.8, 4) is 0 Å². The first-order chi connectivity index (χ1) is 10.1. The zero-order valence-corrected chi connectivity index (χ0v) is 12.1. The molecule has 1 aliphatic heterocycles. The van der Waals surface area contributed by atoms with Crippen molar-refractivity contribution in [1.29, 1.82) is 0 Å². The summed E-state index contributed by atoms with van der Waals surface area (Å²) in [7, 11) is 0. The van der Waals surface area contributed by atoms with Crippen LogP contribution in [0, 0.1) is 6.92 Å². The van der Waals surface area contributed by atoms with Crippen molar-refractivity contribution < 1.29 is 9.13 Å². The number of hydrogen-bond acceptors (Lipinski definition) is 2. The van der Waals surface area contributed by atoms with Gasteiger partial charge in [0.15, 0.2) is 0 Å². The Bertz CT molecular complexity index is 636. The van der Waals surface area contributed by atoms with Crippen molar-refractivity contribution in [2.75, 3.05) is 6.54 Å². The molecule has 1 atom stereocenters. The largest absolute Gasteiger partial charge is 0.440 e. The van der Waals surface area contributed by atoms with Crippen molar-refractivity contribution in [3.63, 3.8) is 0 Å². The monoisotopic (exact) mass is 283 g/mol. The number of halogens is 1. The van der Waals surface area contributed by atoms with Gasteiger partial charge in [0.2, 0.25) is 5.90 Å². The Morgan fingerprint density at radius 2 is 1.81 bits per heavy atom. The van der Waals surface area contributed by atoms with Gasteiger partial charge in [-0.1, -0.05) is 48.0 Å². The van der Waals surface area contributed by atoms with Crippen LogP contribution in [0.1, 0.15) is 23.1 Å². The third kappa shape index (κ3) is 3.30. The smallest absolute Gasteiger partial charge is 0.255 e. The number of alkyl halides is 1. The molecule has 0 aromatic heterocycles. The average molecular weight is 283 g/mol. The zero-order chi connectivity index (χ0) is 14.7. The lowest BCUT2D eigenvalue weighted by molar-refractivity contribution is -0.0841. The summed E-state index contributed by atoms with van der Waals surface area (Å²) < 4.78 is 20.6. The molecule has 2 aromatic carbocycles. The van der Waals surface area contributed by atoms with E-state index in [4.69, 9.17) is 4.74 Å². The number of rotatable bonds is 3. The summed E-state index contributed by atoms with van der Waals surface area (Å²) in [6, 6.07) is 17.4. The van der Waals surface area contributed by atoms with Gasteiger partial charge in [-0.3, -0.25) is 4.99 Å². The molecule has 21 heavy (non-hydrogen) atoms. The highest BCUT2D eigenvalue weighted by Gasteiger charge is 2.36. The van der Waals surface area contributed by atoms with E-state index in [-0.39, 0.29) is 12.8 Å². The molecule has 0 saturated heterocycles. The van der Waals surface area contributed by atoms with Crippen LogP contribution in [-0.4, -0.2) is 18.3 Å². The first-order valence-electron chi connectivity index (χ1n) is 7.18. The Kier molecular flexibility index (Phi) is 3.74. The van der Waals surface area contributed by atoms with E-state index in [2.05, 4.69) is 4.99 Å². The van der Waals surface area contributed by atoms with Crippen molar-refractivity contribution in [2.45, 2.75) is 25.6 Å². The second-order valence-corrected chi connectivity index (χ2v) is 5.45. The van der Waals surface area contributed by atoms with Crippen LogP contribution in [0.15, 0.2) is 59.6 Å². The predicted molar refractivity (Wildman–Crippen MR) is 82.3 cm³/mol. The number of aryl methyl sites for hydroxylation is 1. The quantitative estimate of drug-likeness (QED) is 0.832. The Balaban J connectivity index is 1.77. The third-order valence-corrected chi connectivity index (χ3v) is 3.63. The summed E-state index contributed by atoms with van der Waals surface area (Å²) in [4.78, 5) is 4.31. The second kappa shape index (κ2) is 5.68. The lowest BCUT2D eigenvalue weighted by atomic mass is 10.0. The normalized spacial score (nSPS) is 21.5. The molecule has 3 heteroatoms.